The molecular weight excluding hydrogens is 240 g/mol. The fourth-order valence-electron chi connectivity index (χ4n) is 2.30. The average molecular weight is 262 g/mol. The number of ether oxygens (including phenoxy) is 1. The van der Waals surface area contributed by atoms with Crippen molar-refractivity contribution in [2.45, 2.75) is 25.7 Å². The molecule has 1 aliphatic rings. The molecule has 3 N–H and O–H groups in total. The molecule has 19 heavy (non-hydrogen) atoms. The molecule has 4 nitrogen and oxygen atoms in total. The van der Waals surface area contributed by atoms with Crippen LogP contribution in [-0.4, -0.2) is 25.7 Å². The predicted octanol–water partition coefficient (Wildman–Crippen LogP) is 1.92. The van der Waals surface area contributed by atoms with Gasteiger partial charge in [0.15, 0.2) is 0 Å². The molecule has 1 aromatic rings. The standard InChI is InChI=1S/C15H22N2O2/c1-11(13-2-4-14(16)5-3-13)8-15(18)17-9-12-6-7-19-10-12/h2-5,11-12H,6-10,16H2,1H3,(H,17,18). The van der Waals surface area contributed by atoms with Crippen LogP contribution in [0.25, 0.3) is 0 Å². The third-order valence-corrected chi connectivity index (χ3v) is 3.61. The van der Waals surface area contributed by atoms with Crippen LogP contribution in [-0.2, 0) is 9.53 Å². The zero-order valence-electron chi connectivity index (χ0n) is 11.4. The van der Waals surface area contributed by atoms with E-state index in [-0.39, 0.29) is 11.8 Å². The molecule has 0 bridgehead atoms. The zero-order chi connectivity index (χ0) is 13.7. The molecule has 2 rings (SSSR count). The smallest absolute Gasteiger partial charge is 0.220 e. The number of carbonyl (C=O) groups excluding carboxylic acids is 1. The van der Waals surface area contributed by atoms with Crippen LogP contribution in [0, 0.1) is 5.92 Å². The van der Waals surface area contributed by atoms with Gasteiger partial charge in [-0.2, -0.15) is 0 Å². The Bertz CT molecular complexity index is 411. The molecular formula is C15H22N2O2. The van der Waals surface area contributed by atoms with E-state index in [0.29, 0.717) is 12.3 Å². The first-order valence-electron chi connectivity index (χ1n) is 6.85. The summed E-state index contributed by atoms with van der Waals surface area (Å²) in [6.45, 7) is 4.38. The Kier molecular flexibility index (Phi) is 4.80. The summed E-state index contributed by atoms with van der Waals surface area (Å²) >= 11 is 0. The highest BCUT2D eigenvalue weighted by Crippen LogP contribution is 2.20. The van der Waals surface area contributed by atoms with E-state index in [1.54, 1.807) is 0 Å². The van der Waals surface area contributed by atoms with Gasteiger partial charge in [-0.3, -0.25) is 4.79 Å². The minimum atomic E-state index is 0.108. The van der Waals surface area contributed by atoms with Gasteiger partial charge in [0.25, 0.3) is 0 Å². The Hall–Kier alpha value is -1.55. The van der Waals surface area contributed by atoms with E-state index in [1.165, 1.54) is 0 Å². The van der Waals surface area contributed by atoms with Gasteiger partial charge in [0.1, 0.15) is 0 Å². The van der Waals surface area contributed by atoms with Gasteiger partial charge in [0.05, 0.1) is 6.61 Å². The molecule has 1 heterocycles. The highest BCUT2D eigenvalue weighted by atomic mass is 16.5. The Balaban J connectivity index is 1.76. The number of anilines is 1. The number of benzene rings is 1. The van der Waals surface area contributed by atoms with Crippen molar-refractivity contribution in [3.8, 4) is 0 Å². The van der Waals surface area contributed by atoms with Crippen LogP contribution in [0.1, 0.15) is 31.2 Å². The first-order valence-corrected chi connectivity index (χ1v) is 6.85. The van der Waals surface area contributed by atoms with E-state index in [1.807, 2.05) is 24.3 Å². The van der Waals surface area contributed by atoms with E-state index in [4.69, 9.17) is 10.5 Å². The molecule has 1 aliphatic heterocycles. The Morgan fingerprint density at radius 2 is 2.21 bits per heavy atom. The molecule has 1 saturated heterocycles. The molecule has 0 radical (unpaired) electrons. The molecule has 0 aromatic heterocycles. The molecule has 1 aromatic carbocycles. The van der Waals surface area contributed by atoms with Crippen LogP contribution < -0.4 is 11.1 Å². The van der Waals surface area contributed by atoms with Gasteiger partial charge in [0, 0.05) is 31.2 Å². The molecule has 0 spiro atoms. The summed E-state index contributed by atoms with van der Waals surface area (Å²) in [5.74, 6) is 0.799. The number of nitrogen functional groups attached to an aromatic ring is 1. The number of rotatable bonds is 5. The van der Waals surface area contributed by atoms with Crippen molar-refractivity contribution in [1.29, 1.82) is 0 Å². The lowest BCUT2D eigenvalue weighted by molar-refractivity contribution is -0.121. The molecule has 0 saturated carbocycles. The number of nitrogens with two attached hydrogens (primary N) is 1. The molecule has 104 valence electrons. The number of nitrogens with one attached hydrogen (secondary N) is 1. The van der Waals surface area contributed by atoms with Crippen LogP contribution in [0.4, 0.5) is 5.69 Å². The molecule has 1 fully saturated rings. The summed E-state index contributed by atoms with van der Waals surface area (Å²) in [7, 11) is 0. The highest BCUT2D eigenvalue weighted by Gasteiger charge is 2.17. The maximum absolute atomic E-state index is 11.9. The first kappa shape index (κ1) is 13.9. The summed E-state index contributed by atoms with van der Waals surface area (Å²) in [6, 6.07) is 7.72. The monoisotopic (exact) mass is 262 g/mol. The first-order chi connectivity index (χ1) is 9.15. The second-order valence-corrected chi connectivity index (χ2v) is 5.31. The second-order valence-electron chi connectivity index (χ2n) is 5.31. The van der Waals surface area contributed by atoms with Crippen molar-refractivity contribution < 1.29 is 9.53 Å². The van der Waals surface area contributed by atoms with E-state index < -0.39 is 0 Å². The van der Waals surface area contributed by atoms with Crippen molar-refractivity contribution >= 4 is 11.6 Å². The number of hydrogen-bond acceptors (Lipinski definition) is 3. The van der Waals surface area contributed by atoms with Gasteiger partial charge >= 0.3 is 0 Å². The molecule has 4 heteroatoms. The number of hydrogen-bond donors (Lipinski definition) is 2. The maximum atomic E-state index is 11.9. The number of carbonyl (C=O) groups is 1. The van der Waals surface area contributed by atoms with Crippen LogP contribution in [0.2, 0.25) is 0 Å². The topological polar surface area (TPSA) is 64.3 Å². The quantitative estimate of drug-likeness (QED) is 0.797. The van der Waals surface area contributed by atoms with Crippen LogP contribution in [0.15, 0.2) is 24.3 Å². The van der Waals surface area contributed by atoms with Crippen LogP contribution in [0.3, 0.4) is 0 Å². The van der Waals surface area contributed by atoms with Crippen molar-refractivity contribution in [1.82, 2.24) is 5.32 Å². The van der Waals surface area contributed by atoms with Crippen molar-refractivity contribution in [3.05, 3.63) is 29.8 Å². The Morgan fingerprint density at radius 3 is 2.84 bits per heavy atom. The van der Waals surface area contributed by atoms with E-state index in [9.17, 15) is 4.79 Å². The molecule has 1 amide bonds. The largest absolute Gasteiger partial charge is 0.399 e. The van der Waals surface area contributed by atoms with Crippen LogP contribution in [0.5, 0.6) is 0 Å². The lowest BCUT2D eigenvalue weighted by atomic mass is 9.97. The minimum Gasteiger partial charge on any atom is -0.399 e. The highest BCUT2D eigenvalue weighted by molar-refractivity contribution is 5.76. The van der Waals surface area contributed by atoms with Crippen molar-refractivity contribution in [2.24, 2.45) is 5.92 Å². The second kappa shape index (κ2) is 6.57. The van der Waals surface area contributed by atoms with Gasteiger partial charge in [-0.05, 0) is 30.0 Å². The predicted molar refractivity (Wildman–Crippen MR) is 75.8 cm³/mol. The summed E-state index contributed by atoms with van der Waals surface area (Å²) in [5, 5.41) is 2.99. The molecule has 0 aliphatic carbocycles. The zero-order valence-corrected chi connectivity index (χ0v) is 11.4. The maximum Gasteiger partial charge on any atom is 0.220 e. The van der Waals surface area contributed by atoms with E-state index in [2.05, 4.69) is 12.2 Å². The van der Waals surface area contributed by atoms with Crippen molar-refractivity contribution in [2.75, 3.05) is 25.5 Å². The lowest BCUT2D eigenvalue weighted by Gasteiger charge is -2.14. The average Bonchev–Trinajstić information content (AvgIpc) is 2.90. The van der Waals surface area contributed by atoms with Gasteiger partial charge in [0.2, 0.25) is 5.91 Å². The van der Waals surface area contributed by atoms with Gasteiger partial charge in [-0.25, -0.2) is 0 Å². The molecule has 2 atom stereocenters. The number of amides is 1. The third kappa shape index (κ3) is 4.24. The summed E-state index contributed by atoms with van der Waals surface area (Å²) < 4.78 is 5.29. The minimum absolute atomic E-state index is 0.108. The lowest BCUT2D eigenvalue weighted by Crippen LogP contribution is -2.30. The molecule has 2 unspecified atom stereocenters. The van der Waals surface area contributed by atoms with Gasteiger partial charge in [-0.15, -0.1) is 0 Å². The summed E-state index contributed by atoms with van der Waals surface area (Å²) in [5.41, 5.74) is 7.55. The Morgan fingerprint density at radius 1 is 1.47 bits per heavy atom. The summed E-state index contributed by atoms with van der Waals surface area (Å²) in [4.78, 5) is 11.9. The Labute approximate surface area is 114 Å². The van der Waals surface area contributed by atoms with E-state index >= 15 is 0 Å². The fraction of sp³-hybridized carbons (Fsp3) is 0.533. The normalized spacial score (nSPS) is 20.2. The fourth-order valence-corrected chi connectivity index (χ4v) is 2.30. The summed E-state index contributed by atoms with van der Waals surface area (Å²) in [6.07, 6.45) is 1.56. The van der Waals surface area contributed by atoms with Gasteiger partial charge in [-0.1, -0.05) is 19.1 Å². The van der Waals surface area contributed by atoms with Gasteiger partial charge < -0.3 is 15.8 Å². The van der Waals surface area contributed by atoms with E-state index in [0.717, 1.165) is 37.4 Å². The van der Waals surface area contributed by atoms with Crippen molar-refractivity contribution in [3.63, 3.8) is 0 Å². The SMILES string of the molecule is CC(CC(=O)NCC1CCOC1)c1ccc(N)cc1. The third-order valence-electron chi connectivity index (χ3n) is 3.61. The van der Waals surface area contributed by atoms with Crippen LogP contribution >= 0.6 is 0 Å².